The number of piperidine rings is 1. The Morgan fingerprint density at radius 3 is 2.23 bits per heavy atom. The zero-order valence-corrected chi connectivity index (χ0v) is 20.5. The van der Waals surface area contributed by atoms with E-state index in [0.717, 1.165) is 51.4 Å². The zero-order valence-electron chi connectivity index (χ0n) is 20.5. The first-order valence-electron chi connectivity index (χ1n) is 12.3. The second-order valence-corrected chi connectivity index (χ2v) is 9.40. The molecule has 2 aliphatic heterocycles. The lowest BCUT2D eigenvalue weighted by Gasteiger charge is -2.39. The van der Waals surface area contributed by atoms with Crippen molar-refractivity contribution in [2.24, 2.45) is 5.92 Å². The first-order valence-corrected chi connectivity index (χ1v) is 12.3. The van der Waals surface area contributed by atoms with Gasteiger partial charge < -0.3 is 20.4 Å². The van der Waals surface area contributed by atoms with Gasteiger partial charge in [0, 0.05) is 82.8 Å². The van der Waals surface area contributed by atoms with Gasteiger partial charge in [0.1, 0.15) is 5.82 Å². The minimum absolute atomic E-state index is 0.0755. The lowest BCUT2D eigenvalue weighted by atomic mass is 9.96. The summed E-state index contributed by atoms with van der Waals surface area (Å²) in [6, 6.07) is 11.0. The van der Waals surface area contributed by atoms with Gasteiger partial charge in [-0.1, -0.05) is 6.07 Å². The molecular formula is C26H34N6O3. The Morgan fingerprint density at radius 2 is 1.63 bits per heavy atom. The smallest absolute Gasteiger partial charge is 0.254 e. The van der Waals surface area contributed by atoms with Gasteiger partial charge in [0.25, 0.3) is 5.91 Å². The Balaban J connectivity index is 1.36. The number of carbonyl (C=O) groups excluding carboxylic acids is 3. The number of likely N-dealkylation sites (tertiary alicyclic amines) is 1. The molecule has 1 unspecified atom stereocenters. The molecule has 186 valence electrons. The summed E-state index contributed by atoms with van der Waals surface area (Å²) in [6.45, 7) is 9.10. The molecule has 2 fully saturated rings. The van der Waals surface area contributed by atoms with Crippen molar-refractivity contribution in [3.05, 3.63) is 48.2 Å². The van der Waals surface area contributed by atoms with E-state index in [1.165, 1.54) is 13.8 Å². The topological polar surface area (TPSA) is 97.9 Å². The number of nitrogens with one attached hydrogen (secondary N) is 2. The summed E-state index contributed by atoms with van der Waals surface area (Å²) in [5.41, 5.74) is 1.45. The Morgan fingerprint density at radius 1 is 0.943 bits per heavy atom. The van der Waals surface area contributed by atoms with Crippen LogP contribution in [0, 0.1) is 5.92 Å². The van der Waals surface area contributed by atoms with E-state index in [1.54, 1.807) is 18.2 Å². The van der Waals surface area contributed by atoms with Crippen LogP contribution in [0.3, 0.4) is 0 Å². The van der Waals surface area contributed by atoms with Gasteiger partial charge in [0.05, 0.1) is 0 Å². The van der Waals surface area contributed by atoms with Gasteiger partial charge in [-0.05, 0) is 49.1 Å². The van der Waals surface area contributed by atoms with Crippen LogP contribution < -0.4 is 15.5 Å². The van der Waals surface area contributed by atoms with Gasteiger partial charge in [0.15, 0.2) is 0 Å². The number of nitrogens with zero attached hydrogens (tertiary/aromatic N) is 4. The fourth-order valence-corrected chi connectivity index (χ4v) is 4.95. The molecule has 2 aromatic rings. The number of hydrogen-bond donors (Lipinski definition) is 2. The fourth-order valence-electron chi connectivity index (χ4n) is 4.95. The van der Waals surface area contributed by atoms with Crippen LogP contribution in [0.15, 0.2) is 42.6 Å². The molecule has 0 bridgehead atoms. The highest BCUT2D eigenvalue weighted by atomic mass is 16.2. The van der Waals surface area contributed by atoms with Crippen molar-refractivity contribution in [1.82, 2.24) is 14.8 Å². The van der Waals surface area contributed by atoms with Crippen molar-refractivity contribution < 1.29 is 14.4 Å². The molecule has 3 heterocycles. The summed E-state index contributed by atoms with van der Waals surface area (Å²) in [4.78, 5) is 47.7. The van der Waals surface area contributed by atoms with Crippen LogP contribution in [-0.2, 0) is 9.59 Å². The van der Waals surface area contributed by atoms with E-state index in [1.807, 2.05) is 23.2 Å². The molecule has 2 N–H and O–H groups in total. The summed E-state index contributed by atoms with van der Waals surface area (Å²) < 4.78 is 0. The van der Waals surface area contributed by atoms with Gasteiger partial charge in [-0.25, -0.2) is 4.98 Å². The third-order valence-corrected chi connectivity index (χ3v) is 6.49. The number of pyridine rings is 1. The molecule has 9 heteroatoms. The molecule has 0 spiro atoms. The number of piperazine rings is 1. The van der Waals surface area contributed by atoms with Gasteiger partial charge >= 0.3 is 0 Å². The van der Waals surface area contributed by atoms with Gasteiger partial charge in [-0.2, -0.15) is 0 Å². The zero-order chi connectivity index (χ0) is 24.8. The van der Waals surface area contributed by atoms with Crippen LogP contribution >= 0.6 is 0 Å². The number of carbonyl (C=O) groups is 3. The number of rotatable bonds is 6. The van der Waals surface area contributed by atoms with Crippen LogP contribution in [0.5, 0.6) is 0 Å². The molecule has 4 rings (SSSR count). The Labute approximate surface area is 206 Å². The van der Waals surface area contributed by atoms with Crippen LogP contribution in [-0.4, -0.2) is 78.3 Å². The van der Waals surface area contributed by atoms with Gasteiger partial charge in [0.2, 0.25) is 11.8 Å². The summed E-state index contributed by atoms with van der Waals surface area (Å²) in [5, 5.41) is 5.44. The Bertz CT molecular complexity index is 1020. The van der Waals surface area contributed by atoms with Gasteiger partial charge in [-0.3, -0.25) is 19.3 Å². The summed E-state index contributed by atoms with van der Waals surface area (Å²) >= 11 is 0. The highest BCUT2D eigenvalue weighted by Crippen LogP contribution is 2.24. The minimum Gasteiger partial charge on any atom is -0.354 e. The van der Waals surface area contributed by atoms with Crippen molar-refractivity contribution in [2.45, 2.75) is 26.7 Å². The van der Waals surface area contributed by atoms with E-state index in [9.17, 15) is 14.4 Å². The molecule has 2 saturated heterocycles. The molecule has 35 heavy (non-hydrogen) atoms. The number of amides is 3. The van der Waals surface area contributed by atoms with Crippen molar-refractivity contribution in [3.63, 3.8) is 0 Å². The lowest BCUT2D eigenvalue weighted by Crippen LogP contribution is -2.50. The number of benzene rings is 1. The molecule has 3 amide bonds. The van der Waals surface area contributed by atoms with Crippen molar-refractivity contribution in [2.75, 3.05) is 61.3 Å². The second-order valence-electron chi connectivity index (χ2n) is 9.40. The molecule has 0 saturated carbocycles. The number of hydrogen-bond acceptors (Lipinski definition) is 6. The average molecular weight is 479 g/mol. The lowest BCUT2D eigenvalue weighted by molar-refractivity contribution is -0.115. The minimum atomic E-state index is -0.232. The standard InChI is InChI=1S/C26H34N6O3/c1-19(33)28-23-14-22(15-24(16-23)29-20(2)34)26(35)32-9-5-6-21(18-32)17-30-10-12-31(13-11-30)25-7-3-4-8-27-25/h3-4,7-8,14-16,21H,5-6,9-13,17-18H2,1-2H3,(H,28,33)(H,29,34). The van der Waals surface area contributed by atoms with E-state index in [4.69, 9.17) is 0 Å². The van der Waals surface area contributed by atoms with Gasteiger partial charge in [-0.15, -0.1) is 0 Å². The third kappa shape index (κ3) is 6.79. The van der Waals surface area contributed by atoms with Crippen LogP contribution in [0.2, 0.25) is 0 Å². The number of aromatic nitrogens is 1. The average Bonchev–Trinajstić information content (AvgIpc) is 2.84. The maximum absolute atomic E-state index is 13.4. The van der Waals surface area contributed by atoms with E-state index < -0.39 is 0 Å². The summed E-state index contributed by atoms with van der Waals surface area (Å²) in [6.07, 6.45) is 3.90. The molecule has 1 aromatic carbocycles. The molecular weight excluding hydrogens is 444 g/mol. The predicted molar refractivity (Wildman–Crippen MR) is 137 cm³/mol. The van der Waals surface area contributed by atoms with Crippen LogP contribution in [0.1, 0.15) is 37.0 Å². The molecule has 2 aliphatic rings. The molecule has 0 aliphatic carbocycles. The van der Waals surface area contributed by atoms with Crippen molar-refractivity contribution in [1.29, 1.82) is 0 Å². The summed E-state index contributed by atoms with van der Waals surface area (Å²) in [7, 11) is 0. The molecule has 1 atom stereocenters. The Hall–Kier alpha value is -3.46. The van der Waals surface area contributed by atoms with E-state index >= 15 is 0 Å². The first-order chi connectivity index (χ1) is 16.9. The van der Waals surface area contributed by atoms with E-state index in [-0.39, 0.29) is 17.7 Å². The normalized spacial score (nSPS) is 18.7. The SMILES string of the molecule is CC(=O)Nc1cc(NC(C)=O)cc(C(=O)N2CCCC(CN3CCN(c4ccccn4)CC3)C2)c1. The molecule has 1 aromatic heterocycles. The maximum Gasteiger partial charge on any atom is 0.254 e. The molecule has 9 nitrogen and oxygen atoms in total. The second kappa shape index (κ2) is 11.3. The predicted octanol–water partition coefficient (Wildman–Crippen LogP) is 2.67. The highest BCUT2D eigenvalue weighted by Gasteiger charge is 2.28. The highest BCUT2D eigenvalue weighted by molar-refractivity contribution is 6.00. The van der Waals surface area contributed by atoms with Crippen molar-refractivity contribution >= 4 is 34.9 Å². The monoisotopic (exact) mass is 478 g/mol. The first kappa shape index (κ1) is 24.7. The van der Waals surface area contributed by atoms with Crippen LogP contribution in [0.25, 0.3) is 0 Å². The summed E-state index contributed by atoms with van der Waals surface area (Å²) in [5.74, 6) is 0.909. The molecule has 0 radical (unpaired) electrons. The largest absolute Gasteiger partial charge is 0.354 e. The third-order valence-electron chi connectivity index (χ3n) is 6.49. The number of anilines is 3. The quantitative estimate of drug-likeness (QED) is 0.663. The maximum atomic E-state index is 13.4. The Kier molecular flexibility index (Phi) is 7.97. The van der Waals surface area contributed by atoms with E-state index in [0.29, 0.717) is 35.9 Å². The fraction of sp³-hybridized carbons (Fsp3) is 0.462. The van der Waals surface area contributed by atoms with Crippen molar-refractivity contribution in [3.8, 4) is 0 Å². The van der Waals surface area contributed by atoms with E-state index in [2.05, 4.69) is 31.5 Å². The van der Waals surface area contributed by atoms with Crippen LogP contribution in [0.4, 0.5) is 17.2 Å².